The van der Waals surface area contributed by atoms with Crippen LogP contribution in [0.1, 0.15) is 38.2 Å². The molecule has 0 atom stereocenters. The molecule has 28 heavy (non-hydrogen) atoms. The number of guanidine groups is 1. The standard InChI is InChI=1S/C22H38N4O.HI/c1-3-27-18-14-25-22(23-2)24-13-7-8-15-26-16-11-21(12-17-26)19-20-9-5-4-6-10-20;/h4-6,9-10,21H,3,7-8,11-19H2,1-2H3,(H2,23,24,25);1H. The predicted octanol–water partition coefficient (Wildman–Crippen LogP) is 3.54. The molecule has 1 heterocycles. The Hall–Kier alpha value is -0.860. The molecule has 0 aromatic heterocycles. The fourth-order valence-electron chi connectivity index (χ4n) is 3.64. The van der Waals surface area contributed by atoms with Gasteiger partial charge in [-0.3, -0.25) is 4.99 Å². The number of unbranched alkanes of at least 4 members (excludes halogenated alkanes) is 1. The number of nitrogens with zero attached hydrogens (tertiary/aromatic N) is 2. The van der Waals surface area contributed by atoms with Crippen molar-refractivity contribution in [2.45, 2.75) is 39.0 Å². The van der Waals surface area contributed by atoms with E-state index in [4.69, 9.17) is 4.74 Å². The van der Waals surface area contributed by atoms with Crippen LogP contribution in [0.5, 0.6) is 0 Å². The van der Waals surface area contributed by atoms with E-state index in [2.05, 4.69) is 50.9 Å². The van der Waals surface area contributed by atoms with Crippen LogP contribution >= 0.6 is 24.0 Å². The Kier molecular flexibility index (Phi) is 14.4. The molecule has 160 valence electrons. The van der Waals surface area contributed by atoms with Crippen molar-refractivity contribution in [2.75, 3.05) is 53.0 Å². The Balaban J connectivity index is 0.00000392. The number of rotatable bonds is 11. The number of nitrogens with one attached hydrogen (secondary N) is 2. The molecule has 0 bridgehead atoms. The Bertz CT molecular complexity index is 519. The van der Waals surface area contributed by atoms with E-state index in [9.17, 15) is 0 Å². The number of piperidine rings is 1. The largest absolute Gasteiger partial charge is 0.380 e. The van der Waals surface area contributed by atoms with Gasteiger partial charge < -0.3 is 20.3 Å². The average Bonchev–Trinajstić information content (AvgIpc) is 2.71. The lowest BCUT2D eigenvalue weighted by Crippen LogP contribution is -2.39. The molecule has 0 aliphatic carbocycles. The summed E-state index contributed by atoms with van der Waals surface area (Å²) in [6.07, 6.45) is 6.34. The zero-order valence-corrected chi connectivity index (χ0v) is 20.0. The van der Waals surface area contributed by atoms with Crippen LogP contribution in [0.4, 0.5) is 0 Å². The first kappa shape index (κ1) is 25.2. The Labute approximate surface area is 188 Å². The van der Waals surface area contributed by atoms with Crippen molar-refractivity contribution in [2.24, 2.45) is 10.9 Å². The number of hydrogen-bond acceptors (Lipinski definition) is 3. The zero-order chi connectivity index (χ0) is 19.2. The van der Waals surface area contributed by atoms with Gasteiger partial charge in [0, 0.05) is 26.7 Å². The Morgan fingerprint density at radius 1 is 1.11 bits per heavy atom. The van der Waals surface area contributed by atoms with E-state index < -0.39 is 0 Å². The number of benzene rings is 1. The fourth-order valence-corrected chi connectivity index (χ4v) is 3.64. The summed E-state index contributed by atoms with van der Waals surface area (Å²) >= 11 is 0. The van der Waals surface area contributed by atoms with Crippen molar-refractivity contribution in [3.05, 3.63) is 35.9 Å². The highest BCUT2D eigenvalue weighted by molar-refractivity contribution is 14.0. The lowest BCUT2D eigenvalue weighted by Gasteiger charge is -2.32. The molecule has 0 saturated carbocycles. The van der Waals surface area contributed by atoms with Crippen molar-refractivity contribution in [3.63, 3.8) is 0 Å². The van der Waals surface area contributed by atoms with E-state index in [1.807, 2.05) is 14.0 Å². The third-order valence-corrected chi connectivity index (χ3v) is 5.23. The number of likely N-dealkylation sites (tertiary alicyclic amines) is 1. The van der Waals surface area contributed by atoms with Gasteiger partial charge in [0.25, 0.3) is 0 Å². The van der Waals surface area contributed by atoms with E-state index in [1.165, 1.54) is 57.3 Å². The van der Waals surface area contributed by atoms with Crippen LogP contribution in [-0.2, 0) is 11.2 Å². The van der Waals surface area contributed by atoms with Crippen LogP contribution in [0.2, 0.25) is 0 Å². The van der Waals surface area contributed by atoms with Gasteiger partial charge in [-0.15, -0.1) is 24.0 Å². The molecule has 5 nitrogen and oxygen atoms in total. The minimum atomic E-state index is 0. The van der Waals surface area contributed by atoms with Crippen LogP contribution in [0.25, 0.3) is 0 Å². The summed E-state index contributed by atoms with van der Waals surface area (Å²) in [5.41, 5.74) is 1.49. The lowest BCUT2D eigenvalue weighted by atomic mass is 9.90. The van der Waals surface area contributed by atoms with Crippen molar-refractivity contribution in [1.82, 2.24) is 15.5 Å². The van der Waals surface area contributed by atoms with Crippen molar-refractivity contribution in [3.8, 4) is 0 Å². The van der Waals surface area contributed by atoms with E-state index in [-0.39, 0.29) is 24.0 Å². The van der Waals surface area contributed by atoms with E-state index >= 15 is 0 Å². The number of aliphatic imine (C=N–C) groups is 1. The summed E-state index contributed by atoms with van der Waals surface area (Å²) < 4.78 is 5.33. The van der Waals surface area contributed by atoms with Gasteiger partial charge >= 0.3 is 0 Å². The molecule has 0 amide bonds. The van der Waals surface area contributed by atoms with Gasteiger partial charge in [0.15, 0.2) is 5.96 Å². The second kappa shape index (κ2) is 16.0. The molecular weight excluding hydrogens is 463 g/mol. The molecule has 1 aromatic carbocycles. The molecule has 2 N–H and O–H groups in total. The smallest absolute Gasteiger partial charge is 0.191 e. The number of hydrogen-bond donors (Lipinski definition) is 2. The van der Waals surface area contributed by atoms with E-state index in [1.54, 1.807) is 0 Å². The lowest BCUT2D eigenvalue weighted by molar-refractivity contribution is 0.152. The summed E-state index contributed by atoms with van der Waals surface area (Å²) in [6, 6.07) is 10.9. The molecule has 1 aromatic rings. The highest BCUT2D eigenvalue weighted by Gasteiger charge is 2.18. The second-order valence-electron chi connectivity index (χ2n) is 7.30. The highest BCUT2D eigenvalue weighted by atomic mass is 127. The van der Waals surface area contributed by atoms with Gasteiger partial charge in [0.2, 0.25) is 0 Å². The molecular formula is C22H39IN4O. The van der Waals surface area contributed by atoms with Crippen molar-refractivity contribution in [1.29, 1.82) is 0 Å². The van der Waals surface area contributed by atoms with Gasteiger partial charge in [-0.1, -0.05) is 30.3 Å². The first-order valence-corrected chi connectivity index (χ1v) is 10.6. The third kappa shape index (κ3) is 10.6. The maximum Gasteiger partial charge on any atom is 0.191 e. The van der Waals surface area contributed by atoms with Crippen LogP contribution in [0.3, 0.4) is 0 Å². The molecule has 0 unspecified atom stereocenters. The number of halogens is 1. The average molecular weight is 502 g/mol. The fraction of sp³-hybridized carbons (Fsp3) is 0.682. The van der Waals surface area contributed by atoms with Gasteiger partial charge in [0.05, 0.1) is 6.61 Å². The Morgan fingerprint density at radius 2 is 1.82 bits per heavy atom. The maximum atomic E-state index is 5.33. The van der Waals surface area contributed by atoms with Crippen molar-refractivity contribution < 1.29 is 4.74 Å². The molecule has 0 spiro atoms. The summed E-state index contributed by atoms with van der Waals surface area (Å²) in [7, 11) is 1.82. The molecule has 0 radical (unpaired) electrons. The summed E-state index contributed by atoms with van der Waals surface area (Å²) in [4.78, 5) is 6.88. The minimum absolute atomic E-state index is 0. The molecule has 1 aliphatic rings. The maximum absolute atomic E-state index is 5.33. The van der Waals surface area contributed by atoms with Gasteiger partial charge in [-0.2, -0.15) is 0 Å². The SMILES string of the molecule is CCOCCNC(=NC)NCCCCN1CCC(Cc2ccccc2)CC1.I. The molecule has 1 aliphatic heterocycles. The van der Waals surface area contributed by atoms with Gasteiger partial charge in [0.1, 0.15) is 0 Å². The zero-order valence-electron chi connectivity index (χ0n) is 17.7. The van der Waals surface area contributed by atoms with Crippen LogP contribution in [-0.4, -0.2) is 63.8 Å². The monoisotopic (exact) mass is 502 g/mol. The minimum Gasteiger partial charge on any atom is -0.380 e. The third-order valence-electron chi connectivity index (χ3n) is 5.23. The first-order valence-electron chi connectivity index (χ1n) is 10.6. The molecule has 1 saturated heterocycles. The normalized spacial score (nSPS) is 15.9. The van der Waals surface area contributed by atoms with E-state index in [0.29, 0.717) is 0 Å². The molecule has 1 fully saturated rings. The van der Waals surface area contributed by atoms with Crippen LogP contribution < -0.4 is 10.6 Å². The van der Waals surface area contributed by atoms with Crippen LogP contribution in [0, 0.1) is 5.92 Å². The van der Waals surface area contributed by atoms with Gasteiger partial charge in [-0.05, 0) is 70.1 Å². The number of ether oxygens (including phenoxy) is 1. The first-order chi connectivity index (χ1) is 13.3. The molecule has 6 heteroatoms. The van der Waals surface area contributed by atoms with Crippen LogP contribution in [0.15, 0.2) is 35.3 Å². The highest BCUT2D eigenvalue weighted by Crippen LogP contribution is 2.21. The second-order valence-corrected chi connectivity index (χ2v) is 7.30. The van der Waals surface area contributed by atoms with Crippen molar-refractivity contribution >= 4 is 29.9 Å². The summed E-state index contributed by atoms with van der Waals surface area (Å²) in [5, 5.41) is 6.66. The Morgan fingerprint density at radius 3 is 2.50 bits per heavy atom. The predicted molar refractivity (Wildman–Crippen MR) is 130 cm³/mol. The summed E-state index contributed by atoms with van der Waals surface area (Å²) in [6.45, 7) is 8.99. The van der Waals surface area contributed by atoms with Gasteiger partial charge in [-0.25, -0.2) is 0 Å². The topological polar surface area (TPSA) is 48.9 Å². The molecule has 2 rings (SSSR count). The van der Waals surface area contributed by atoms with E-state index in [0.717, 1.165) is 38.2 Å². The summed E-state index contributed by atoms with van der Waals surface area (Å²) in [5.74, 6) is 1.73. The quantitative estimate of drug-likeness (QED) is 0.210.